The van der Waals surface area contributed by atoms with Gasteiger partial charge in [-0.05, 0) is 19.8 Å². The largest absolute Gasteiger partial charge is 0.393 e. The average molecular weight is 267 g/mol. The van der Waals surface area contributed by atoms with Crippen LogP contribution in [0.25, 0.3) is 0 Å². The predicted octanol–water partition coefficient (Wildman–Crippen LogP) is 1.19. The van der Waals surface area contributed by atoms with E-state index in [0.717, 1.165) is 6.20 Å². The Morgan fingerprint density at radius 1 is 1.63 bits per heavy atom. The van der Waals surface area contributed by atoms with E-state index < -0.39 is 16.9 Å². The lowest BCUT2D eigenvalue weighted by molar-refractivity contribution is -0.385. The number of nitrogens with zero attached hydrogens (tertiary/aromatic N) is 2. The standard InChI is InChI=1S/C12H17N3O4/c1-3-10(16)4-5-13-12(17)11-6-9(15(18)19)7-14-8(11)2/h6-7,10,16H,3-5H2,1-2H3,(H,13,17). The van der Waals surface area contributed by atoms with Crippen LogP contribution < -0.4 is 5.32 Å². The number of carbonyl (C=O) groups excluding carboxylic acids is 1. The molecule has 19 heavy (non-hydrogen) atoms. The number of aromatic nitrogens is 1. The molecule has 1 amide bonds. The number of aryl methyl sites for hydroxylation is 1. The molecule has 0 fully saturated rings. The van der Waals surface area contributed by atoms with Crippen molar-refractivity contribution in [2.45, 2.75) is 32.8 Å². The first-order valence-electron chi connectivity index (χ1n) is 6.03. The van der Waals surface area contributed by atoms with Gasteiger partial charge in [0.2, 0.25) is 0 Å². The monoisotopic (exact) mass is 267 g/mol. The maximum absolute atomic E-state index is 11.9. The van der Waals surface area contributed by atoms with Gasteiger partial charge in [-0.1, -0.05) is 6.92 Å². The molecule has 1 heterocycles. The number of rotatable bonds is 6. The van der Waals surface area contributed by atoms with Crippen molar-refractivity contribution in [1.29, 1.82) is 0 Å². The number of pyridine rings is 1. The van der Waals surface area contributed by atoms with Crippen LogP contribution in [0.5, 0.6) is 0 Å². The van der Waals surface area contributed by atoms with Gasteiger partial charge in [0.05, 0.1) is 22.3 Å². The molecule has 0 spiro atoms. The molecule has 0 aliphatic heterocycles. The summed E-state index contributed by atoms with van der Waals surface area (Å²) in [6.45, 7) is 3.77. The average Bonchev–Trinajstić information content (AvgIpc) is 2.38. The van der Waals surface area contributed by atoms with Gasteiger partial charge < -0.3 is 10.4 Å². The Bertz CT molecular complexity index is 476. The van der Waals surface area contributed by atoms with Crippen LogP contribution in [-0.4, -0.2) is 33.6 Å². The van der Waals surface area contributed by atoms with Crippen molar-refractivity contribution in [3.8, 4) is 0 Å². The quantitative estimate of drug-likeness (QED) is 0.595. The van der Waals surface area contributed by atoms with Crippen molar-refractivity contribution < 1.29 is 14.8 Å². The second-order valence-corrected chi connectivity index (χ2v) is 4.19. The van der Waals surface area contributed by atoms with E-state index in [1.807, 2.05) is 6.92 Å². The predicted molar refractivity (Wildman–Crippen MR) is 68.9 cm³/mol. The number of carbonyl (C=O) groups is 1. The van der Waals surface area contributed by atoms with E-state index in [1.54, 1.807) is 6.92 Å². The molecular formula is C12H17N3O4. The molecule has 0 bridgehead atoms. The first kappa shape index (κ1) is 15.0. The fraction of sp³-hybridized carbons (Fsp3) is 0.500. The van der Waals surface area contributed by atoms with Crippen molar-refractivity contribution >= 4 is 11.6 Å². The Morgan fingerprint density at radius 3 is 2.89 bits per heavy atom. The number of aliphatic hydroxyl groups is 1. The zero-order chi connectivity index (χ0) is 14.4. The summed E-state index contributed by atoms with van der Waals surface area (Å²) in [6, 6.07) is 1.20. The molecule has 104 valence electrons. The first-order chi connectivity index (χ1) is 8.95. The Labute approximate surface area is 110 Å². The number of amides is 1. The number of aliphatic hydroxyl groups excluding tert-OH is 1. The van der Waals surface area contributed by atoms with Crippen LogP contribution in [-0.2, 0) is 0 Å². The summed E-state index contributed by atoms with van der Waals surface area (Å²) in [7, 11) is 0. The van der Waals surface area contributed by atoms with Crippen LogP contribution in [0.4, 0.5) is 5.69 Å². The molecule has 0 aliphatic carbocycles. The lowest BCUT2D eigenvalue weighted by atomic mass is 10.1. The minimum atomic E-state index is -0.593. The zero-order valence-corrected chi connectivity index (χ0v) is 10.9. The molecule has 1 aromatic rings. The van der Waals surface area contributed by atoms with E-state index in [9.17, 15) is 20.0 Å². The van der Waals surface area contributed by atoms with E-state index in [1.165, 1.54) is 6.07 Å². The second kappa shape index (κ2) is 6.79. The number of nitrogens with one attached hydrogen (secondary N) is 1. The molecule has 0 saturated carbocycles. The van der Waals surface area contributed by atoms with E-state index in [2.05, 4.69) is 10.3 Å². The maximum Gasteiger partial charge on any atom is 0.288 e. The third-order valence-corrected chi connectivity index (χ3v) is 2.76. The van der Waals surface area contributed by atoms with Gasteiger partial charge in [-0.3, -0.25) is 19.9 Å². The summed E-state index contributed by atoms with van der Waals surface area (Å²) in [4.78, 5) is 25.7. The van der Waals surface area contributed by atoms with Gasteiger partial charge >= 0.3 is 0 Å². The van der Waals surface area contributed by atoms with E-state index >= 15 is 0 Å². The molecule has 0 radical (unpaired) electrons. The molecule has 1 atom stereocenters. The SMILES string of the molecule is CCC(O)CCNC(=O)c1cc([N+](=O)[O-])cnc1C. The van der Waals surface area contributed by atoms with E-state index in [-0.39, 0.29) is 11.3 Å². The lowest BCUT2D eigenvalue weighted by Gasteiger charge is -2.09. The smallest absolute Gasteiger partial charge is 0.288 e. The highest BCUT2D eigenvalue weighted by atomic mass is 16.6. The number of hydrogen-bond donors (Lipinski definition) is 2. The number of nitro groups is 1. The molecule has 1 aromatic heterocycles. The van der Waals surface area contributed by atoms with Crippen molar-refractivity contribution in [3.63, 3.8) is 0 Å². The summed E-state index contributed by atoms with van der Waals surface area (Å²) >= 11 is 0. The van der Waals surface area contributed by atoms with Crippen LogP contribution in [0.2, 0.25) is 0 Å². The van der Waals surface area contributed by atoms with Gasteiger partial charge in [-0.2, -0.15) is 0 Å². The first-order valence-corrected chi connectivity index (χ1v) is 6.03. The van der Waals surface area contributed by atoms with Crippen LogP contribution in [0.1, 0.15) is 35.8 Å². The van der Waals surface area contributed by atoms with Crippen LogP contribution >= 0.6 is 0 Å². The Hall–Kier alpha value is -2.02. The summed E-state index contributed by atoms with van der Waals surface area (Å²) in [5.41, 5.74) is 0.392. The molecule has 0 saturated heterocycles. The van der Waals surface area contributed by atoms with Gasteiger partial charge in [0, 0.05) is 12.6 Å². The zero-order valence-electron chi connectivity index (χ0n) is 10.9. The summed E-state index contributed by atoms with van der Waals surface area (Å²) < 4.78 is 0. The van der Waals surface area contributed by atoms with Crippen LogP contribution in [0.15, 0.2) is 12.3 Å². The van der Waals surface area contributed by atoms with Crippen molar-refractivity contribution in [1.82, 2.24) is 10.3 Å². The fourth-order valence-corrected chi connectivity index (χ4v) is 1.50. The van der Waals surface area contributed by atoms with E-state index in [0.29, 0.717) is 25.1 Å². The van der Waals surface area contributed by atoms with Gasteiger partial charge in [-0.15, -0.1) is 0 Å². The third kappa shape index (κ3) is 4.29. The van der Waals surface area contributed by atoms with Crippen molar-refractivity contribution in [2.75, 3.05) is 6.54 Å². The number of hydrogen-bond acceptors (Lipinski definition) is 5. The highest BCUT2D eigenvalue weighted by Crippen LogP contribution is 2.14. The Morgan fingerprint density at radius 2 is 2.32 bits per heavy atom. The molecule has 0 aromatic carbocycles. The van der Waals surface area contributed by atoms with E-state index in [4.69, 9.17) is 0 Å². The molecule has 7 heteroatoms. The molecule has 0 aliphatic rings. The molecule has 7 nitrogen and oxygen atoms in total. The Balaban J connectivity index is 2.71. The van der Waals surface area contributed by atoms with Crippen LogP contribution in [0, 0.1) is 17.0 Å². The van der Waals surface area contributed by atoms with Gasteiger partial charge in [-0.25, -0.2) is 0 Å². The van der Waals surface area contributed by atoms with Crippen molar-refractivity contribution in [3.05, 3.63) is 33.6 Å². The highest BCUT2D eigenvalue weighted by molar-refractivity contribution is 5.95. The minimum Gasteiger partial charge on any atom is -0.393 e. The summed E-state index contributed by atoms with van der Waals surface area (Å²) in [5, 5.41) is 22.6. The topological polar surface area (TPSA) is 105 Å². The third-order valence-electron chi connectivity index (χ3n) is 2.76. The van der Waals surface area contributed by atoms with Gasteiger partial charge in [0.15, 0.2) is 0 Å². The summed E-state index contributed by atoms with van der Waals surface area (Å²) in [5.74, 6) is -0.419. The fourth-order valence-electron chi connectivity index (χ4n) is 1.50. The highest BCUT2D eigenvalue weighted by Gasteiger charge is 2.15. The minimum absolute atomic E-state index is 0.181. The molecule has 2 N–H and O–H groups in total. The Kier molecular flexibility index (Phi) is 5.37. The lowest BCUT2D eigenvalue weighted by Crippen LogP contribution is -2.27. The molecule has 1 unspecified atom stereocenters. The van der Waals surface area contributed by atoms with Crippen molar-refractivity contribution in [2.24, 2.45) is 0 Å². The summed E-state index contributed by atoms with van der Waals surface area (Å²) in [6.07, 6.45) is 1.73. The molecule has 1 rings (SSSR count). The molecular weight excluding hydrogens is 250 g/mol. The van der Waals surface area contributed by atoms with Gasteiger partial charge in [0.25, 0.3) is 11.6 Å². The van der Waals surface area contributed by atoms with Gasteiger partial charge in [0.1, 0.15) is 6.20 Å². The normalized spacial score (nSPS) is 11.9. The maximum atomic E-state index is 11.9. The van der Waals surface area contributed by atoms with Crippen LogP contribution in [0.3, 0.4) is 0 Å². The second-order valence-electron chi connectivity index (χ2n) is 4.19.